The van der Waals surface area contributed by atoms with Gasteiger partial charge in [0.25, 0.3) is 0 Å². The van der Waals surface area contributed by atoms with Crippen molar-refractivity contribution in [3.63, 3.8) is 0 Å². The Morgan fingerprint density at radius 1 is 1.12 bits per heavy atom. The van der Waals surface area contributed by atoms with Crippen LogP contribution in [0.25, 0.3) is 10.6 Å². The molecule has 0 aliphatic heterocycles. The number of H-pyrrole nitrogens is 1. The molecule has 1 aromatic carbocycles. The Balaban J connectivity index is 1.73. The Bertz CT molecular complexity index is 931. The van der Waals surface area contributed by atoms with Crippen molar-refractivity contribution < 1.29 is 8.42 Å². The molecular formula is C17H20N4O2S2. The SMILES string of the molecule is CN(C)S(=O)(=O)c1ccccc1CNCc1cn[nH]c1-c1cccs1. The molecule has 0 aliphatic rings. The van der Waals surface area contributed by atoms with Crippen molar-refractivity contribution in [3.8, 4) is 10.6 Å². The Labute approximate surface area is 151 Å². The summed E-state index contributed by atoms with van der Waals surface area (Å²) >= 11 is 1.65. The highest BCUT2D eigenvalue weighted by atomic mass is 32.2. The maximum absolute atomic E-state index is 12.4. The number of benzene rings is 1. The summed E-state index contributed by atoms with van der Waals surface area (Å²) in [4.78, 5) is 1.46. The van der Waals surface area contributed by atoms with Crippen LogP contribution in [0.2, 0.25) is 0 Å². The van der Waals surface area contributed by atoms with Crippen LogP contribution in [0, 0.1) is 0 Å². The fourth-order valence-corrected chi connectivity index (χ4v) is 4.38. The van der Waals surface area contributed by atoms with Gasteiger partial charge in [-0.3, -0.25) is 5.10 Å². The third-order valence-electron chi connectivity index (χ3n) is 3.85. The van der Waals surface area contributed by atoms with Crippen molar-refractivity contribution in [1.82, 2.24) is 19.8 Å². The highest BCUT2D eigenvalue weighted by Crippen LogP contribution is 2.26. The maximum Gasteiger partial charge on any atom is 0.242 e. The highest BCUT2D eigenvalue weighted by Gasteiger charge is 2.20. The monoisotopic (exact) mass is 376 g/mol. The van der Waals surface area contributed by atoms with Gasteiger partial charge >= 0.3 is 0 Å². The zero-order valence-electron chi connectivity index (χ0n) is 14.1. The minimum atomic E-state index is -3.46. The molecule has 0 radical (unpaired) electrons. The van der Waals surface area contributed by atoms with Crippen molar-refractivity contribution >= 4 is 21.4 Å². The van der Waals surface area contributed by atoms with Gasteiger partial charge in [-0.1, -0.05) is 24.3 Å². The fourth-order valence-electron chi connectivity index (χ4n) is 2.51. The van der Waals surface area contributed by atoms with Gasteiger partial charge in [-0.15, -0.1) is 11.3 Å². The van der Waals surface area contributed by atoms with Gasteiger partial charge in [-0.25, -0.2) is 12.7 Å². The van der Waals surface area contributed by atoms with E-state index in [-0.39, 0.29) is 0 Å². The third kappa shape index (κ3) is 3.82. The first-order valence-electron chi connectivity index (χ1n) is 7.77. The zero-order chi connectivity index (χ0) is 17.9. The third-order valence-corrected chi connectivity index (χ3v) is 6.65. The lowest BCUT2D eigenvalue weighted by atomic mass is 10.2. The Hall–Kier alpha value is -2.00. The lowest BCUT2D eigenvalue weighted by Gasteiger charge is -2.15. The summed E-state index contributed by atoms with van der Waals surface area (Å²) in [5, 5.41) is 12.5. The summed E-state index contributed by atoms with van der Waals surface area (Å²) in [5.41, 5.74) is 2.80. The Morgan fingerprint density at radius 3 is 2.60 bits per heavy atom. The molecule has 0 saturated carbocycles. The predicted octanol–water partition coefficient (Wildman–Crippen LogP) is 2.68. The first-order valence-corrected chi connectivity index (χ1v) is 10.1. The van der Waals surface area contributed by atoms with E-state index in [4.69, 9.17) is 0 Å². The van der Waals surface area contributed by atoms with E-state index in [0.29, 0.717) is 18.0 Å². The van der Waals surface area contributed by atoms with Crippen LogP contribution >= 0.6 is 11.3 Å². The Kier molecular flexibility index (Phi) is 5.33. The number of hydrogen-bond acceptors (Lipinski definition) is 5. The minimum Gasteiger partial charge on any atom is -0.308 e. The highest BCUT2D eigenvalue weighted by molar-refractivity contribution is 7.89. The van der Waals surface area contributed by atoms with E-state index in [1.807, 2.05) is 29.6 Å². The van der Waals surface area contributed by atoms with Crippen molar-refractivity contribution in [2.24, 2.45) is 0 Å². The average Bonchev–Trinajstić information content (AvgIpc) is 3.26. The number of sulfonamides is 1. The summed E-state index contributed by atoms with van der Waals surface area (Å²) in [7, 11) is -0.379. The van der Waals surface area contributed by atoms with Gasteiger partial charge < -0.3 is 5.32 Å². The molecule has 3 rings (SSSR count). The van der Waals surface area contributed by atoms with E-state index in [0.717, 1.165) is 21.7 Å². The largest absolute Gasteiger partial charge is 0.308 e. The van der Waals surface area contributed by atoms with Gasteiger partial charge in [0.2, 0.25) is 10.0 Å². The van der Waals surface area contributed by atoms with Crippen molar-refractivity contribution in [3.05, 3.63) is 59.1 Å². The molecule has 3 aromatic rings. The molecular weight excluding hydrogens is 356 g/mol. The lowest BCUT2D eigenvalue weighted by Crippen LogP contribution is -2.24. The summed E-state index contributed by atoms with van der Waals surface area (Å²) in [5.74, 6) is 0. The molecule has 0 saturated heterocycles. The molecule has 0 unspecified atom stereocenters. The van der Waals surface area contributed by atoms with E-state index < -0.39 is 10.0 Å². The fraction of sp³-hybridized carbons (Fsp3) is 0.235. The van der Waals surface area contributed by atoms with Crippen LogP contribution in [0.3, 0.4) is 0 Å². The molecule has 8 heteroatoms. The molecule has 0 spiro atoms. The molecule has 25 heavy (non-hydrogen) atoms. The van der Waals surface area contributed by atoms with Crippen LogP contribution in [-0.4, -0.2) is 37.0 Å². The summed E-state index contributed by atoms with van der Waals surface area (Å²) in [6.45, 7) is 1.05. The van der Waals surface area contributed by atoms with Crippen LogP contribution in [0.4, 0.5) is 0 Å². The number of aromatic nitrogens is 2. The molecule has 0 bridgehead atoms. The molecule has 2 aromatic heterocycles. The second-order valence-electron chi connectivity index (χ2n) is 5.75. The molecule has 132 valence electrons. The van der Waals surface area contributed by atoms with Gasteiger partial charge in [0, 0.05) is 32.7 Å². The molecule has 0 aliphatic carbocycles. The molecule has 6 nitrogen and oxygen atoms in total. The van der Waals surface area contributed by atoms with Crippen LogP contribution in [-0.2, 0) is 23.1 Å². The minimum absolute atomic E-state index is 0.332. The van der Waals surface area contributed by atoms with Gasteiger partial charge in [-0.05, 0) is 23.1 Å². The Morgan fingerprint density at radius 2 is 1.88 bits per heavy atom. The molecule has 0 fully saturated rings. The summed E-state index contributed by atoms with van der Waals surface area (Å²) in [6.07, 6.45) is 1.80. The molecule has 2 N–H and O–H groups in total. The van der Waals surface area contributed by atoms with Crippen LogP contribution in [0.15, 0.2) is 52.9 Å². The van der Waals surface area contributed by atoms with Crippen molar-refractivity contribution in [1.29, 1.82) is 0 Å². The normalized spacial score (nSPS) is 12.0. The maximum atomic E-state index is 12.4. The quantitative estimate of drug-likeness (QED) is 0.665. The van der Waals surface area contributed by atoms with Crippen LogP contribution in [0.5, 0.6) is 0 Å². The van der Waals surface area contributed by atoms with Gasteiger partial charge in [0.1, 0.15) is 0 Å². The second kappa shape index (κ2) is 7.49. The predicted molar refractivity (Wildman–Crippen MR) is 99.8 cm³/mol. The molecule has 2 heterocycles. The van der Waals surface area contributed by atoms with Crippen LogP contribution < -0.4 is 5.32 Å². The molecule has 0 amide bonds. The van der Waals surface area contributed by atoms with E-state index >= 15 is 0 Å². The topological polar surface area (TPSA) is 78.1 Å². The van der Waals surface area contributed by atoms with Gasteiger partial charge in [0.05, 0.1) is 21.7 Å². The molecule has 0 atom stereocenters. The number of hydrogen-bond donors (Lipinski definition) is 2. The van der Waals surface area contributed by atoms with Crippen molar-refractivity contribution in [2.45, 2.75) is 18.0 Å². The van der Waals surface area contributed by atoms with E-state index in [9.17, 15) is 8.42 Å². The second-order valence-corrected chi connectivity index (χ2v) is 8.81. The first kappa shape index (κ1) is 17.8. The van der Waals surface area contributed by atoms with E-state index in [1.54, 1.807) is 29.7 Å². The number of thiophene rings is 1. The van der Waals surface area contributed by atoms with Crippen molar-refractivity contribution in [2.75, 3.05) is 14.1 Å². The standard InChI is InChI=1S/C17H20N4O2S2/c1-21(2)25(22,23)16-8-4-3-6-13(16)10-18-11-14-12-19-20-17(14)15-7-5-9-24-15/h3-9,12,18H,10-11H2,1-2H3,(H,19,20). The number of aromatic amines is 1. The lowest BCUT2D eigenvalue weighted by molar-refractivity contribution is 0.518. The number of nitrogens with one attached hydrogen (secondary N) is 2. The summed E-state index contributed by atoms with van der Waals surface area (Å²) < 4.78 is 26.1. The summed E-state index contributed by atoms with van der Waals surface area (Å²) in [6, 6.07) is 11.1. The first-order chi connectivity index (χ1) is 12.0. The van der Waals surface area contributed by atoms with Gasteiger partial charge in [0.15, 0.2) is 0 Å². The number of rotatable bonds is 7. The smallest absolute Gasteiger partial charge is 0.242 e. The average molecular weight is 377 g/mol. The number of nitrogens with zero attached hydrogens (tertiary/aromatic N) is 2. The van der Waals surface area contributed by atoms with Crippen LogP contribution in [0.1, 0.15) is 11.1 Å². The van der Waals surface area contributed by atoms with E-state index in [2.05, 4.69) is 15.5 Å². The van der Waals surface area contributed by atoms with Gasteiger partial charge in [-0.2, -0.15) is 5.10 Å². The zero-order valence-corrected chi connectivity index (χ0v) is 15.7. The van der Waals surface area contributed by atoms with E-state index in [1.165, 1.54) is 18.4 Å².